The third kappa shape index (κ3) is 7.57. The van der Waals surface area contributed by atoms with Crippen LogP contribution in [0.2, 0.25) is 0 Å². The maximum atomic E-state index is 12.6. The fourth-order valence-corrected chi connectivity index (χ4v) is 2.62. The maximum Gasteiger partial charge on any atom is 0.387 e. The fourth-order valence-electron chi connectivity index (χ4n) is 2.62. The van der Waals surface area contributed by atoms with Crippen molar-refractivity contribution < 1.29 is 23.4 Å². The van der Waals surface area contributed by atoms with Crippen molar-refractivity contribution in [2.45, 2.75) is 27.0 Å². The quantitative estimate of drug-likeness (QED) is 0.284. The van der Waals surface area contributed by atoms with Gasteiger partial charge in [0.25, 0.3) is 5.91 Å². The molecule has 0 aromatic heterocycles. The molecule has 9 heteroatoms. The number of nitrogens with one attached hydrogen (secondary N) is 3. The first kappa shape index (κ1) is 22.9. The molecule has 0 atom stereocenters. The van der Waals surface area contributed by atoms with Crippen LogP contribution in [-0.2, 0) is 6.54 Å². The second kappa shape index (κ2) is 11.6. The molecule has 1 amide bonds. The van der Waals surface area contributed by atoms with Crippen LogP contribution in [0.5, 0.6) is 11.5 Å². The van der Waals surface area contributed by atoms with E-state index >= 15 is 0 Å². The molecule has 30 heavy (non-hydrogen) atoms. The Kier molecular flexibility index (Phi) is 8.86. The highest BCUT2D eigenvalue weighted by Crippen LogP contribution is 2.22. The van der Waals surface area contributed by atoms with Crippen molar-refractivity contribution in [2.24, 2.45) is 4.99 Å². The molecule has 0 aliphatic rings. The van der Waals surface area contributed by atoms with Crippen LogP contribution in [0.4, 0.5) is 8.78 Å². The van der Waals surface area contributed by atoms with Crippen LogP contribution in [0.15, 0.2) is 47.5 Å². The zero-order valence-electron chi connectivity index (χ0n) is 16.9. The summed E-state index contributed by atoms with van der Waals surface area (Å²) in [7, 11) is 0. The normalized spacial score (nSPS) is 11.3. The number of benzene rings is 2. The van der Waals surface area contributed by atoms with E-state index in [-0.39, 0.29) is 24.0 Å². The summed E-state index contributed by atoms with van der Waals surface area (Å²) < 4.78 is 29.8. The minimum atomic E-state index is -2.90. The summed E-state index contributed by atoms with van der Waals surface area (Å²) in [6, 6.07) is 10.9. The van der Waals surface area contributed by atoms with E-state index in [1.165, 1.54) is 30.3 Å². The Morgan fingerprint density at radius 2 is 1.80 bits per heavy atom. The number of hydrogen-bond donors (Lipinski definition) is 4. The Labute approximate surface area is 174 Å². The molecule has 7 nitrogen and oxygen atoms in total. The zero-order chi connectivity index (χ0) is 21.9. The molecule has 0 saturated heterocycles. The van der Waals surface area contributed by atoms with Crippen LogP contribution in [0.3, 0.4) is 0 Å². The van der Waals surface area contributed by atoms with Crippen LogP contribution in [0.1, 0.15) is 28.4 Å². The van der Waals surface area contributed by atoms with Crippen LogP contribution in [0.25, 0.3) is 0 Å². The molecule has 4 N–H and O–H groups in total. The van der Waals surface area contributed by atoms with Gasteiger partial charge >= 0.3 is 6.61 Å². The van der Waals surface area contributed by atoms with E-state index in [1.54, 1.807) is 12.1 Å². The number of amides is 1. The lowest BCUT2D eigenvalue weighted by Crippen LogP contribution is -2.41. The first-order valence-corrected chi connectivity index (χ1v) is 9.52. The molecule has 0 aliphatic carbocycles. The SMILES string of the molecule is CCNC(=NCc1cc(C)ccc1OC(F)F)NCCNC(=O)c1ccc(O)cc1. The van der Waals surface area contributed by atoms with Crippen molar-refractivity contribution in [2.75, 3.05) is 19.6 Å². The Morgan fingerprint density at radius 3 is 2.47 bits per heavy atom. The lowest BCUT2D eigenvalue weighted by Gasteiger charge is -2.13. The van der Waals surface area contributed by atoms with Crippen molar-refractivity contribution in [3.05, 3.63) is 59.2 Å². The van der Waals surface area contributed by atoms with Gasteiger partial charge in [0.2, 0.25) is 0 Å². The third-order valence-corrected chi connectivity index (χ3v) is 4.02. The van der Waals surface area contributed by atoms with Gasteiger partial charge in [-0.1, -0.05) is 17.7 Å². The van der Waals surface area contributed by atoms with Gasteiger partial charge in [0, 0.05) is 30.8 Å². The predicted octanol–water partition coefficient (Wildman–Crippen LogP) is 2.79. The highest BCUT2D eigenvalue weighted by Gasteiger charge is 2.10. The summed E-state index contributed by atoms with van der Waals surface area (Å²) in [6.07, 6.45) is 0. The predicted molar refractivity (Wildman–Crippen MR) is 111 cm³/mol. The van der Waals surface area contributed by atoms with Gasteiger partial charge in [0.05, 0.1) is 6.54 Å². The molecular formula is C21H26F2N4O3. The van der Waals surface area contributed by atoms with Gasteiger partial charge < -0.3 is 25.8 Å². The second-order valence-electron chi connectivity index (χ2n) is 6.41. The van der Waals surface area contributed by atoms with Crippen LogP contribution in [-0.4, -0.2) is 43.2 Å². The lowest BCUT2D eigenvalue weighted by molar-refractivity contribution is -0.0504. The first-order chi connectivity index (χ1) is 14.4. The van der Waals surface area contributed by atoms with Gasteiger partial charge in [0.1, 0.15) is 11.5 Å². The number of rotatable bonds is 9. The molecule has 0 radical (unpaired) electrons. The topological polar surface area (TPSA) is 95.0 Å². The molecule has 0 saturated carbocycles. The number of carbonyl (C=O) groups is 1. The number of hydrogen-bond acceptors (Lipinski definition) is 4. The van der Waals surface area contributed by atoms with E-state index < -0.39 is 6.61 Å². The standard InChI is InChI=1S/C21H26F2N4O3/c1-3-24-21(26-11-10-25-19(29)15-5-7-17(28)8-6-15)27-13-16-12-14(2)4-9-18(16)30-20(22)23/h4-9,12,20,28H,3,10-11,13H2,1-2H3,(H,25,29)(H2,24,26,27). The summed E-state index contributed by atoms with van der Waals surface area (Å²) in [5.74, 6) is 0.417. The number of halogens is 2. The van der Waals surface area contributed by atoms with E-state index in [1.807, 2.05) is 13.8 Å². The molecular weight excluding hydrogens is 394 g/mol. The number of aryl methyl sites for hydroxylation is 1. The second-order valence-corrected chi connectivity index (χ2v) is 6.41. The number of nitrogens with zero attached hydrogens (tertiary/aromatic N) is 1. The van der Waals surface area contributed by atoms with Gasteiger partial charge in [-0.25, -0.2) is 4.99 Å². The van der Waals surface area contributed by atoms with Crippen LogP contribution < -0.4 is 20.7 Å². The van der Waals surface area contributed by atoms with E-state index in [9.17, 15) is 18.7 Å². The number of aromatic hydroxyl groups is 1. The minimum Gasteiger partial charge on any atom is -0.508 e. The Morgan fingerprint density at radius 1 is 1.10 bits per heavy atom. The molecule has 0 aliphatic heterocycles. The summed E-state index contributed by atoms with van der Waals surface area (Å²) in [5.41, 5.74) is 1.91. The Hall–Kier alpha value is -3.36. The summed E-state index contributed by atoms with van der Waals surface area (Å²) in [5, 5.41) is 18.2. The van der Waals surface area contributed by atoms with Gasteiger partial charge in [-0.15, -0.1) is 0 Å². The molecule has 0 fully saturated rings. The minimum absolute atomic E-state index is 0.0930. The Bertz CT molecular complexity index is 858. The van der Waals surface area contributed by atoms with Crippen molar-refractivity contribution >= 4 is 11.9 Å². The van der Waals surface area contributed by atoms with Gasteiger partial charge in [0.15, 0.2) is 5.96 Å². The van der Waals surface area contributed by atoms with Crippen LogP contribution in [0, 0.1) is 6.92 Å². The number of aliphatic imine (C=N–C) groups is 1. The van der Waals surface area contributed by atoms with Crippen molar-refractivity contribution in [3.63, 3.8) is 0 Å². The summed E-state index contributed by atoms with van der Waals surface area (Å²) in [4.78, 5) is 16.5. The van der Waals surface area contributed by atoms with E-state index in [4.69, 9.17) is 0 Å². The molecule has 0 bridgehead atoms. The molecule has 2 rings (SSSR count). The number of carbonyl (C=O) groups excluding carboxylic acids is 1. The average Bonchev–Trinajstić information content (AvgIpc) is 2.71. The number of guanidine groups is 1. The van der Waals surface area contributed by atoms with Crippen LogP contribution >= 0.6 is 0 Å². The average molecular weight is 420 g/mol. The number of alkyl halides is 2. The van der Waals surface area contributed by atoms with Gasteiger partial charge in [-0.2, -0.15) is 8.78 Å². The summed E-state index contributed by atoms with van der Waals surface area (Å²) >= 11 is 0. The van der Waals surface area contributed by atoms with E-state index in [0.29, 0.717) is 36.7 Å². The van der Waals surface area contributed by atoms with Crippen molar-refractivity contribution in [1.29, 1.82) is 0 Å². The number of phenols is 1. The molecule has 0 heterocycles. The smallest absolute Gasteiger partial charge is 0.387 e. The molecule has 162 valence electrons. The largest absolute Gasteiger partial charge is 0.508 e. The number of phenolic OH excluding ortho intramolecular Hbond substituents is 1. The Balaban J connectivity index is 1.91. The highest BCUT2D eigenvalue weighted by molar-refractivity contribution is 5.94. The monoisotopic (exact) mass is 420 g/mol. The fraction of sp³-hybridized carbons (Fsp3) is 0.333. The van der Waals surface area contributed by atoms with E-state index in [2.05, 4.69) is 25.7 Å². The van der Waals surface area contributed by atoms with Crippen molar-refractivity contribution in [3.8, 4) is 11.5 Å². The van der Waals surface area contributed by atoms with E-state index in [0.717, 1.165) is 5.56 Å². The van der Waals surface area contributed by atoms with Gasteiger partial charge in [-0.05, 0) is 44.2 Å². The highest BCUT2D eigenvalue weighted by atomic mass is 19.3. The zero-order valence-corrected chi connectivity index (χ0v) is 16.9. The molecule has 2 aromatic rings. The third-order valence-electron chi connectivity index (χ3n) is 4.02. The first-order valence-electron chi connectivity index (χ1n) is 9.52. The number of ether oxygens (including phenoxy) is 1. The summed E-state index contributed by atoms with van der Waals surface area (Å²) in [6.45, 7) is 2.37. The maximum absolute atomic E-state index is 12.6. The molecule has 0 spiro atoms. The van der Waals surface area contributed by atoms with Gasteiger partial charge in [-0.3, -0.25) is 4.79 Å². The lowest BCUT2D eigenvalue weighted by atomic mass is 10.1. The van der Waals surface area contributed by atoms with Crippen molar-refractivity contribution in [1.82, 2.24) is 16.0 Å². The molecule has 2 aromatic carbocycles. The molecule has 0 unspecified atom stereocenters.